The van der Waals surface area contributed by atoms with Crippen LogP contribution in [0.4, 0.5) is 0 Å². The van der Waals surface area contributed by atoms with Crippen molar-refractivity contribution in [2.45, 2.75) is 63.5 Å². The lowest BCUT2D eigenvalue weighted by atomic mass is 9.66. The highest BCUT2D eigenvalue weighted by atomic mass is 16.3. The summed E-state index contributed by atoms with van der Waals surface area (Å²) < 4.78 is 1.27. The monoisotopic (exact) mass is 238 g/mol. The first-order valence-electron chi connectivity index (χ1n) is 7.73. The van der Waals surface area contributed by atoms with Gasteiger partial charge in [-0.1, -0.05) is 6.42 Å². The number of quaternary nitrogens is 1. The predicted octanol–water partition coefficient (Wildman–Crippen LogP) is 2.56. The molecule has 2 bridgehead atoms. The number of nitrogens with zero attached hydrogens (tertiary/aromatic N) is 1. The van der Waals surface area contributed by atoms with E-state index in [4.69, 9.17) is 0 Å². The SMILES string of the molecule is C[N+]1([C@@H]2CC[C@@H]3CCC[C@@H]2[C@@H]3O)CCCCC1. The van der Waals surface area contributed by atoms with Gasteiger partial charge in [0, 0.05) is 12.3 Å². The van der Waals surface area contributed by atoms with E-state index < -0.39 is 0 Å². The number of fused-ring (bicyclic) bond motifs is 2. The summed E-state index contributed by atoms with van der Waals surface area (Å²) in [6.45, 7) is 2.72. The molecule has 0 spiro atoms. The van der Waals surface area contributed by atoms with Crippen LogP contribution in [-0.2, 0) is 0 Å². The van der Waals surface area contributed by atoms with E-state index in [1.807, 2.05) is 0 Å². The topological polar surface area (TPSA) is 20.2 Å². The molecule has 2 saturated carbocycles. The van der Waals surface area contributed by atoms with E-state index in [0.29, 0.717) is 11.8 Å². The highest BCUT2D eigenvalue weighted by Crippen LogP contribution is 2.44. The maximum absolute atomic E-state index is 10.5. The fraction of sp³-hybridized carbons (Fsp3) is 1.00. The highest BCUT2D eigenvalue weighted by molar-refractivity contribution is 4.92. The van der Waals surface area contributed by atoms with Gasteiger partial charge >= 0.3 is 0 Å². The molecule has 2 nitrogen and oxygen atoms in total. The Labute approximate surface area is 106 Å². The fourth-order valence-corrected chi connectivity index (χ4v) is 4.98. The molecule has 0 aromatic heterocycles. The zero-order valence-electron chi connectivity index (χ0n) is 11.3. The van der Waals surface area contributed by atoms with Crippen LogP contribution in [0.15, 0.2) is 0 Å². The van der Waals surface area contributed by atoms with Gasteiger partial charge in [0.1, 0.15) is 0 Å². The van der Waals surface area contributed by atoms with Crippen LogP contribution >= 0.6 is 0 Å². The van der Waals surface area contributed by atoms with Gasteiger partial charge in [-0.2, -0.15) is 0 Å². The summed E-state index contributed by atoms with van der Waals surface area (Å²) in [7, 11) is 2.46. The van der Waals surface area contributed by atoms with Crippen molar-refractivity contribution in [1.82, 2.24) is 0 Å². The Kier molecular flexibility index (Phi) is 3.20. The third-order valence-electron chi connectivity index (χ3n) is 6.00. The van der Waals surface area contributed by atoms with Gasteiger partial charge in [0.25, 0.3) is 0 Å². The van der Waals surface area contributed by atoms with Crippen LogP contribution in [0.1, 0.15) is 51.4 Å². The van der Waals surface area contributed by atoms with Crippen molar-refractivity contribution in [3.63, 3.8) is 0 Å². The van der Waals surface area contributed by atoms with Crippen molar-refractivity contribution >= 4 is 0 Å². The molecule has 0 amide bonds. The molecular formula is C15H28NO+. The quantitative estimate of drug-likeness (QED) is 0.696. The van der Waals surface area contributed by atoms with Gasteiger partial charge in [0.2, 0.25) is 0 Å². The molecule has 3 fully saturated rings. The van der Waals surface area contributed by atoms with E-state index in [1.165, 1.54) is 68.9 Å². The average Bonchev–Trinajstić information content (AvgIpc) is 2.29. The van der Waals surface area contributed by atoms with Gasteiger partial charge in [-0.15, -0.1) is 0 Å². The van der Waals surface area contributed by atoms with Crippen LogP contribution in [0.2, 0.25) is 0 Å². The Balaban J connectivity index is 1.77. The second-order valence-corrected chi connectivity index (χ2v) is 6.98. The van der Waals surface area contributed by atoms with Crippen LogP contribution in [0.5, 0.6) is 0 Å². The van der Waals surface area contributed by atoms with E-state index in [9.17, 15) is 5.11 Å². The van der Waals surface area contributed by atoms with Crippen LogP contribution < -0.4 is 0 Å². The average molecular weight is 238 g/mol. The molecule has 3 rings (SSSR count). The number of aliphatic hydroxyl groups excluding tert-OH is 1. The summed E-state index contributed by atoms with van der Waals surface area (Å²) in [6, 6.07) is 0.766. The molecule has 2 heteroatoms. The number of likely N-dealkylation sites (tertiary alicyclic amines) is 1. The van der Waals surface area contributed by atoms with Gasteiger partial charge < -0.3 is 9.59 Å². The van der Waals surface area contributed by atoms with E-state index in [-0.39, 0.29) is 6.10 Å². The lowest BCUT2D eigenvalue weighted by Crippen LogP contribution is -2.62. The first-order chi connectivity index (χ1) is 8.21. The number of aliphatic hydroxyl groups is 1. The molecule has 17 heavy (non-hydrogen) atoms. The number of rotatable bonds is 1. The first kappa shape index (κ1) is 12.0. The van der Waals surface area contributed by atoms with Crippen LogP contribution in [-0.4, -0.2) is 41.9 Å². The highest BCUT2D eigenvalue weighted by Gasteiger charge is 2.48. The zero-order valence-corrected chi connectivity index (χ0v) is 11.3. The normalized spacial score (nSPS) is 45.5. The Morgan fingerprint density at radius 2 is 1.65 bits per heavy atom. The predicted molar refractivity (Wildman–Crippen MR) is 69.6 cm³/mol. The minimum Gasteiger partial charge on any atom is -0.392 e. The Bertz CT molecular complexity index is 272. The summed E-state index contributed by atoms with van der Waals surface area (Å²) in [5.74, 6) is 1.26. The molecule has 0 radical (unpaired) electrons. The molecule has 3 aliphatic rings. The maximum atomic E-state index is 10.5. The van der Waals surface area contributed by atoms with E-state index in [2.05, 4.69) is 7.05 Å². The van der Waals surface area contributed by atoms with Crippen molar-refractivity contribution in [3.8, 4) is 0 Å². The third kappa shape index (κ3) is 2.04. The molecule has 0 aromatic carbocycles. The number of hydrogen-bond acceptors (Lipinski definition) is 1. The fourth-order valence-electron chi connectivity index (χ4n) is 4.98. The van der Waals surface area contributed by atoms with Crippen LogP contribution in [0, 0.1) is 11.8 Å². The lowest BCUT2D eigenvalue weighted by Gasteiger charge is -2.53. The van der Waals surface area contributed by atoms with Crippen molar-refractivity contribution in [2.24, 2.45) is 11.8 Å². The van der Waals surface area contributed by atoms with Crippen LogP contribution in [0.3, 0.4) is 0 Å². The van der Waals surface area contributed by atoms with Crippen molar-refractivity contribution in [1.29, 1.82) is 0 Å². The summed E-state index contributed by atoms with van der Waals surface area (Å²) in [6.07, 6.45) is 10.9. The van der Waals surface area contributed by atoms with Gasteiger partial charge in [0.15, 0.2) is 0 Å². The Hall–Kier alpha value is -0.0800. The summed E-state index contributed by atoms with van der Waals surface area (Å²) in [4.78, 5) is 0. The maximum Gasteiger partial charge on any atom is 0.0941 e. The molecule has 0 unspecified atom stereocenters. The zero-order chi connectivity index (χ0) is 11.9. The molecule has 1 N–H and O–H groups in total. The molecule has 1 aliphatic heterocycles. The van der Waals surface area contributed by atoms with Crippen molar-refractivity contribution < 1.29 is 9.59 Å². The lowest BCUT2D eigenvalue weighted by molar-refractivity contribution is -0.943. The Morgan fingerprint density at radius 1 is 0.882 bits per heavy atom. The standard InChI is InChI=1S/C15H28NO/c1-16(10-3-2-4-11-16)14-9-8-12-6-5-7-13(14)15(12)17/h12-15,17H,2-11H2,1H3/q+1/t12-,13-,14+,15+/m0/s1. The molecule has 98 valence electrons. The van der Waals surface area contributed by atoms with Crippen molar-refractivity contribution in [3.05, 3.63) is 0 Å². The van der Waals surface area contributed by atoms with Gasteiger partial charge in [0.05, 0.1) is 32.3 Å². The largest absolute Gasteiger partial charge is 0.392 e. The second-order valence-electron chi connectivity index (χ2n) is 6.98. The minimum atomic E-state index is 0.0272. The van der Waals surface area contributed by atoms with E-state index >= 15 is 0 Å². The number of piperidine rings is 1. The summed E-state index contributed by atoms with van der Waals surface area (Å²) >= 11 is 0. The second kappa shape index (κ2) is 4.55. The number of hydrogen-bond donors (Lipinski definition) is 1. The van der Waals surface area contributed by atoms with Crippen LogP contribution in [0.25, 0.3) is 0 Å². The minimum absolute atomic E-state index is 0.0272. The Morgan fingerprint density at radius 3 is 2.41 bits per heavy atom. The molecular weight excluding hydrogens is 210 g/mol. The molecule has 2 aliphatic carbocycles. The van der Waals surface area contributed by atoms with Crippen molar-refractivity contribution in [2.75, 3.05) is 20.1 Å². The van der Waals surface area contributed by atoms with Gasteiger partial charge in [-0.25, -0.2) is 0 Å². The molecule has 0 aromatic rings. The molecule has 1 saturated heterocycles. The first-order valence-corrected chi connectivity index (χ1v) is 7.73. The third-order valence-corrected chi connectivity index (χ3v) is 6.00. The summed E-state index contributed by atoms with van der Waals surface area (Å²) in [5, 5.41) is 10.5. The molecule has 1 heterocycles. The molecule has 4 atom stereocenters. The van der Waals surface area contributed by atoms with E-state index in [0.717, 1.165) is 6.04 Å². The van der Waals surface area contributed by atoms with Gasteiger partial charge in [-0.05, 0) is 44.4 Å². The van der Waals surface area contributed by atoms with E-state index in [1.54, 1.807) is 0 Å². The summed E-state index contributed by atoms with van der Waals surface area (Å²) in [5.41, 5.74) is 0. The van der Waals surface area contributed by atoms with Gasteiger partial charge in [-0.3, -0.25) is 0 Å². The smallest absolute Gasteiger partial charge is 0.0941 e.